The number of fused-ring (bicyclic) bond motifs is 1. The Morgan fingerprint density at radius 3 is 2.84 bits per heavy atom. The molecule has 0 unspecified atom stereocenters. The van der Waals surface area contributed by atoms with Gasteiger partial charge >= 0.3 is 0 Å². The van der Waals surface area contributed by atoms with Gasteiger partial charge in [0, 0.05) is 36.6 Å². The molecule has 0 saturated heterocycles. The van der Waals surface area contributed by atoms with E-state index in [1.807, 2.05) is 34.9 Å². The van der Waals surface area contributed by atoms with Gasteiger partial charge in [0.1, 0.15) is 0 Å². The van der Waals surface area contributed by atoms with Crippen molar-refractivity contribution in [3.05, 3.63) is 70.8 Å². The van der Waals surface area contributed by atoms with Crippen molar-refractivity contribution < 1.29 is 0 Å². The Morgan fingerprint density at radius 1 is 1.16 bits per heavy atom. The molecular weight excluding hydrogens is 238 g/mol. The summed E-state index contributed by atoms with van der Waals surface area (Å²) in [5.41, 5.74) is 7.82. The van der Waals surface area contributed by atoms with Gasteiger partial charge in [-0.3, -0.25) is 9.78 Å². The predicted molar refractivity (Wildman–Crippen MR) is 76.0 cm³/mol. The Labute approximate surface area is 110 Å². The summed E-state index contributed by atoms with van der Waals surface area (Å²) in [6, 6.07) is 11.5. The van der Waals surface area contributed by atoms with Crippen molar-refractivity contribution in [1.29, 1.82) is 0 Å². The first-order valence-electron chi connectivity index (χ1n) is 6.02. The zero-order valence-electron chi connectivity index (χ0n) is 10.3. The topological polar surface area (TPSA) is 60.9 Å². The summed E-state index contributed by atoms with van der Waals surface area (Å²) in [6.45, 7) is 0.638. The van der Waals surface area contributed by atoms with Crippen molar-refractivity contribution in [2.24, 2.45) is 0 Å². The van der Waals surface area contributed by atoms with E-state index in [0.717, 1.165) is 16.5 Å². The standard InChI is InChI=1S/C15H13N3O/c16-13-10-18(8-6-14(13)19)9-12-4-1-3-11-5-2-7-17-15(11)12/h1-8,10H,9,16H2. The maximum absolute atomic E-state index is 11.3. The van der Waals surface area contributed by atoms with Crippen LogP contribution in [0.25, 0.3) is 10.9 Å². The zero-order chi connectivity index (χ0) is 13.2. The van der Waals surface area contributed by atoms with Crippen LogP contribution in [0.3, 0.4) is 0 Å². The largest absolute Gasteiger partial charge is 0.394 e. The Balaban J connectivity index is 2.05. The number of hydrogen-bond donors (Lipinski definition) is 1. The second kappa shape index (κ2) is 4.57. The van der Waals surface area contributed by atoms with Crippen molar-refractivity contribution in [1.82, 2.24) is 9.55 Å². The van der Waals surface area contributed by atoms with Gasteiger partial charge in [0.15, 0.2) is 0 Å². The number of aromatic nitrogens is 2. The molecule has 0 aliphatic carbocycles. The second-order valence-corrected chi connectivity index (χ2v) is 4.43. The molecule has 0 spiro atoms. The van der Waals surface area contributed by atoms with Crippen LogP contribution in [-0.2, 0) is 6.54 Å². The van der Waals surface area contributed by atoms with Gasteiger partial charge in [-0.05, 0) is 11.6 Å². The average Bonchev–Trinajstić information content (AvgIpc) is 2.43. The smallest absolute Gasteiger partial charge is 0.204 e. The molecule has 2 heterocycles. The van der Waals surface area contributed by atoms with Crippen LogP contribution >= 0.6 is 0 Å². The normalized spacial score (nSPS) is 10.7. The Kier molecular flexibility index (Phi) is 2.76. The average molecular weight is 251 g/mol. The predicted octanol–water partition coefficient (Wildman–Crippen LogP) is 2.03. The van der Waals surface area contributed by atoms with Crippen molar-refractivity contribution >= 4 is 16.6 Å². The minimum Gasteiger partial charge on any atom is -0.394 e. The van der Waals surface area contributed by atoms with E-state index in [1.54, 1.807) is 18.6 Å². The monoisotopic (exact) mass is 251 g/mol. The highest BCUT2D eigenvalue weighted by atomic mass is 16.1. The SMILES string of the molecule is Nc1cn(Cc2cccc3cccnc23)ccc1=O. The van der Waals surface area contributed by atoms with E-state index in [-0.39, 0.29) is 11.1 Å². The minimum absolute atomic E-state index is 0.146. The zero-order valence-corrected chi connectivity index (χ0v) is 10.3. The van der Waals surface area contributed by atoms with Crippen LogP contribution in [0.2, 0.25) is 0 Å². The first-order valence-corrected chi connectivity index (χ1v) is 6.02. The van der Waals surface area contributed by atoms with E-state index < -0.39 is 0 Å². The van der Waals surface area contributed by atoms with Crippen LogP contribution in [0.5, 0.6) is 0 Å². The summed E-state index contributed by atoms with van der Waals surface area (Å²) in [7, 11) is 0. The van der Waals surface area contributed by atoms with Crippen molar-refractivity contribution in [2.75, 3.05) is 5.73 Å². The number of para-hydroxylation sites is 1. The van der Waals surface area contributed by atoms with Crippen LogP contribution in [0.15, 0.2) is 59.8 Å². The lowest BCUT2D eigenvalue weighted by Gasteiger charge is -2.09. The molecule has 1 aromatic carbocycles. The Morgan fingerprint density at radius 2 is 2.00 bits per heavy atom. The lowest BCUT2D eigenvalue weighted by Crippen LogP contribution is -2.11. The van der Waals surface area contributed by atoms with E-state index in [9.17, 15) is 4.79 Å². The van der Waals surface area contributed by atoms with Crippen molar-refractivity contribution in [3.8, 4) is 0 Å². The number of nitrogen functional groups attached to an aromatic ring is 1. The number of anilines is 1. The Hall–Kier alpha value is -2.62. The van der Waals surface area contributed by atoms with Crippen molar-refractivity contribution in [3.63, 3.8) is 0 Å². The molecule has 0 amide bonds. The van der Waals surface area contributed by atoms with Gasteiger partial charge in [-0.1, -0.05) is 24.3 Å². The summed E-state index contributed by atoms with van der Waals surface area (Å²) in [5, 5.41) is 1.11. The van der Waals surface area contributed by atoms with E-state index in [0.29, 0.717) is 6.54 Å². The van der Waals surface area contributed by atoms with E-state index in [4.69, 9.17) is 5.73 Å². The molecule has 0 aliphatic rings. The fraction of sp³-hybridized carbons (Fsp3) is 0.0667. The molecule has 0 aliphatic heterocycles. The number of benzene rings is 1. The quantitative estimate of drug-likeness (QED) is 0.758. The van der Waals surface area contributed by atoms with Crippen LogP contribution in [-0.4, -0.2) is 9.55 Å². The molecule has 3 rings (SSSR count). The van der Waals surface area contributed by atoms with Crippen molar-refractivity contribution in [2.45, 2.75) is 6.54 Å². The molecule has 0 atom stereocenters. The van der Waals surface area contributed by atoms with E-state index >= 15 is 0 Å². The van der Waals surface area contributed by atoms with Crippen LogP contribution in [0.4, 0.5) is 5.69 Å². The third-order valence-corrected chi connectivity index (χ3v) is 3.08. The highest BCUT2D eigenvalue weighted by molar-refractivity contribution is 5.81. The maximum atomic E-state index is 11.3. The molecule has 0 saturated carbocycles. The van der Waals surface area contributed by atoms with Gasteiger partial charge in [0.2, 0.25) is 5.43 Å². The van der Waals surface area contributed by atoms with Gasteiger partial charge in [0.05, 0.1) is 11.2 Å². The summed E-state index contributed by atoms with van der Waals surface area (Å²) in [4.78, 5) is 15.7. The lowest BCUT2D eigenvalue weighted by molar-refractivity contribution is 0.794. The molecule has 0 fully saturated rings. The summed E-state index contributed by atoms with van der Waals surface area (Å²) in [6.07, 6.45) is 5.18. The maximum Gasteiger partial charge on any atom is 0.204 e. The third kappa shape index (κ3) is 2.20. The molecule has 2 N–H and O–H groups in total. The summed E-state index contributed by atoms with van der Waals surface area (Å²) >= 11 is 0. The number of hydrogen-bond acceptors (Lipinski definition) is 3. The number of pyridine rings is 2. The number of nitrogens with zero attached hydrogens (tertiary/aromatic N) is 2. The molecule has 94 valence electrons. The molecule has 4 nitrogen and oxygen atoms in total. The van der Waals surface area contributed by atoms with Gasteiger partial charge in [0.25, 0.3) is 0 Å². The van der Waals surface area contributed by atoms with Crippen LogP contribution in [0.1, 0.15) is 5.56 Å². The molecule has 19 heavy (non-hydrogen) atoms. The lowest BCUT2D eigenvalue weighted by atomic mass is 10.1. The first kappa shape index (κ1) is 11.5. The fourth-order valence-corrected chi connectivity index (χ4v) is 2.14. The van der Waals surface area contributed by atoms with E-state index in [2.05, 4.69) is 4.98 Å². The van der Waals surface area contributed by atoms with Gasteiger partial charge in [-0.25, -0.2) is 0 Å². The second-order valence-electron chi connectivity index (χ2n) is 4.43. The third-order valence-electron chi connectivity index (χ3n) is 3.08. The molecule has 3 aromatic rings. The molecular formula is C15H13N3O. The van der Waals surface area contributed by atoms with Gasteiger partial charge in [-0.2, -0.15) is 0 Å². The minimum atomic E-state index is -0.146. The molecule has 4 heteroatoms. The number of nitrogens with two attached hydrogens (primary N) is 1. The first-order chi connectivity index (χ1) is 9.24. The van der Waals surface area contributed by atoms with Crippen LogP contribution in [0, 0.1) is 0 Å². The van der Waals surface area contributed by atoms with E-state index in [1.165, 1.54) is 6.07 Å². The molecule has 2 aromatic heterocycles. The molecule has 0 bridgehead atoms. The van der Waals surface area contributed by atoms with Gasteiger partial charge < -0.3 is 10.3 Å². The Bertz CT molecular complexity index is 787. The highest BCUT2D eigenvalue weighted by Gasteiger charge is 2.02. The fourth-order valence-electron chi connectivity index (χ4n) is 2.14. The molecule has 0 radical (unpaired) electrons. The summed E-state index contributed by atoms with van der Waals surface area (Å²) in [5.74, 6) is 0. The number of rotatable bonds is 2. The van der Waals surface area contributed by atoms with Gasteiger partial charge in [-0.15, -0.1) is 0 Å². The summed E-state index contributed by atoms with van der Waals surface area (Å²) < 4.78 is 1.89. The highest BCUT2D eigenvalue weighted by Crippen LogP contribution is 2.16. The van der Waals surface area contributed by atoms with Crippen LogP contribution < -0.4 is 11.2 Å².